The second-order valence-corrected chi connectivity index (χ2v) is 11.0. The Bertz CT molecular complexity index is 356. The average molecular weight is 250 g/mol. The van der Waals surface area contributed by atoms with Crippen LogP contribution in [0.2, 0.25) is 19.6 Å². The summed E-state index contributed by atoms with van der Waals surface area (Å²) in [5.74, 6) is 0.372. The van der Waals surface area contributed by atoms with Crippen molar-refractivity contribution < 1.29 is 4.79 Å². The molecule has 0 fully saturated rings. The van der Waals surface area contributed by atoms with Gasteiger partial charge in [-0.05, 0) is 35.6 Å². The first-order valence-electron chi connectivity index (χ1n) is 6.90. The lowest BCUT2D eigenvalue weighted by molar-refractivity contribution is -0.111. The summed E-state index contributed by atoms with van der Waals surface area (Å²) in [5.41, 5.74) is 2.43. The van der Waals surface area contributed by atoms with Gasteiger partial charge in [-0.2, -0.15) is 0 Å². The average Bonchev–Trinajstić information content (AvgIpc) is 2.53. The topological polar surface area (TPSA) is 17.1 Å². The molecule has 0 radical (unpaired) electrons. The molecule has 0 saturated heterocycles. The Kier molecular flexibility index (Phi) is 4.93. The third-order valence-electron chi connectivity index (χ3n) is 3.26. The van der Waals surface area contributed by atoms with Crippen LogP contribution in [0.4, 0.5) is 0 Å². The summed E-state index contributed by atoms with van der Waals surface area (Å²) in [6.45, 7) is 11.2. The number of hydrogen-bond donors (Lipinski definition) is 0. The smallest absolute Gasteiger partial charge is 0.181 e. The second kappa shape index (κ2) is 5.81. The van der Waals surface area contributed by atoms with Crippen LogP contribution in [0.1, 0.15) is 46.0 Å². The Morgan fingerprint density at radius 2 is 1.71 bits per heavy atom. The van der Waals surface area contributed by atoms with E-state index < -0.39 is 8.07 Å². The van der Waals surface area contributed by atoms with Crippen LogP contribution in [0.15, 0.2) is 22.4 Å². The molecular weight excluding hydrogens is 224 g/mol. The molecule has 1 rings (SSSR count). The minimum atomic E-state index is -1.49. The van der Waals surface area contributed by atoms with E-state index in [1.54, 1.807) is 0 Å². The van der Waals surface area contributed by atoms with Crippen molar-refractivity contribution in [3.63, 3.8) is 0 Å². The maximum atomic E-state index is 12.4. The van der Waals surface area contributed by atoms with Gasteiger partial charge in [0.1, 0.15) is 0 Å². The molecule has 0 amide bonds. The van der Waals surface area contributed by atoms with Gasteiger partial charge in [-0.15, -0.1) is 0 Å². The van der Waals surface area contributed by atoms with Gasteiger partial charge in [-0.1, -0.05) is 52.4 Å². The van der Waals surface area contributed by atoms with E-state index >= 15 is 0 Å². The molecule has 2 heteroatoms. The number of carbonyl (C=O) groups excluding carboxylic acids is 1. The van der Waals surface area contributed by atoms with Crippen LogP contribution in [0.25, 0.3) is 0 Å². The predicted octanol–water partition coefficient (Wildman–Crippen LogP) is 4.66. The van der Waals surface area contributed by atoms with Gasteiger partial charge in [0, 0.05) is 0 Å². The van der Waals surface area contributed by atoms with Crippen LogP contribution >= 0.6 is 0 Å². The van der Waals surface area contributed by atoms with E-state index in [4.69, 9.17) is 0 Å². The van der Waals surface area contributed by atoms with Crippen molar-refractivity contribution in [1.82, 2.24) is 0 Å². The molecule has 0 spiro atoms. The zero-order chi connectivity index (χ0) is 13.1. The maximum Gasteiger partial charge on any atom is 0.181 e. The quantitative estimate of drug-likeness (QED) is 0.627. The molecule has 1 nitrogen and oxygen atoms in total. The van der Waals surface area contributed by atoms with Gasteiger partial charge >= 0.3 is 0 Å². The number of carbonyl (C=O) groups is 1. The number of rotatable bonds is 6. The minimum absolute atomic E-state index is 0.372. The van der Waals surface area contributed by atoms with Crippen molar-refractivity contribution in [3.05, 3.63) is 22.4 Å². The van der Waals surface area contributed by atoms with Gasteiger partial charge in [0.15, 0.2) is 5.78 Å². The van der Waals surface area contributed by atoms with Gasteiger partial charge in [0.05, 0.1) is 8.07 Å². The summed E-state index contributed by atoms with van der Waals surface area (Å²) in [6, 6.07) is 0. The maximum absolute atomic E-state index is 12.4. The molecular formula is C15H26OSi. The fraction of sp³-hybridized carbons (Fsp3) is 0.667. The molecule has 17 heavy (non-hydrogen) atoms. The lowest BCUT2D eigenvalue weighted by Gasteiger charge is -2.20. The monoisotopic (exact) mass is 250 g/mol. The van der Waals surface area contributed by atoms with Crippen LogP contribution < -0.4 is 0 Å². The summed E-state index contributed by atoms with van der Waals surface area (Å²) in [5, 5.41) is 1.20. The predicted molar refractivity (Wildman–Crippen MR) is 77.9 cm³/mol. The zero-order valence-electron chi connectivity index (χ0n) is 12.0. The normalized spacial score (nSPS) is 16.8. The highest BCUT2D eigenvalue weighted by Crippen LogP contribution is 2.33. The number of allylic oxidation sites excluding steroid dienone is 4. The lowest BCUT2D eigenvalue weighted by atomic mass is 10.1. The Hall–Kier alpha value is -0.633. The van der Waals surface area contributed by atoms with Gasteiger partial charge < -0.3 is 0 Å². The van der Waals surface area contributed by atoms with E-state index in [0.29, 0.717) is 5.78 Å². The molecule has 1 aliphatic rings. The summed E-state index contributed by atoms with van der Waals surface area (Å²) >= 11 is 0. The van der Waals surface area contributed by atoms with E-state index in [1.807, 2.05) is 0 Å². The first-order valence-corrected chi connectivity index (χ1v) is 10.4. The van der Waals surface area contributed by atoms with Crippen LogP contribution in [0.3, 0.4) is 0 Å². The fourth-order valence-electron chi connectivity index (χ4n) is 2.50. The van der Waals surface area contributed by atoms with E-state index in [-0.39, 0.29) is 0 Å². The van der Waals surface area contributed by atoms with Crippen molar-refractivity contribution >= 4 is 13.9 Å². The standard InChI is InChI=1S/C15H26OSi/c1-6-8-10-13-11-12(9-7-2)14(16)15(13)17(3,4)5/h11H,6-10H2,1-5H3. The fourth-order valence-corrected chi connectivity index (χ4v) is 4.50. The first-order chi connectivity index (χ1) is 7.91. The van der Waals surface area contributed by atoms with Crippen molar-refractivity contribution in [2.45, 2.75) is 65.6 Å². The van der Waals surface area contributed by atoms with E-state index in [0.717, 1.165) is 24.8 Å². The van der Waals surface area contributed by atoms with E-state index in [9.17, 15) is 4.79 Å². The third-order valence-corrected chi connectivity index (χ3v) is 5.31. The van der Waals surface area contributed by atoms with Crippen LogP contribution in [-0.2, 0) is 4.79 Å². The van der Waals surface area contributed by atoms with Crippen molar-refractivity contribution in [2.75, 3.05) is 0 Å². The zero-order valence-corrected chi connectivity index (χ0v) is 13.0. The highest BCUT2D eigenvalue weighted by Gasteiger charge is 2.33. The number of unbranched alkanes of at least 4 members (excludes halogenated alkanes) is 1. The highest BCUT2D eigenvalue weighted by atomic mass is 28.3. The van der Waals surface area contributed by atoms with Gasteiger partial charge in [0.2, 0.25) is 0 Å². The summed E-state index contributed by atoms with van der Waals surface area (Å²) in [4.78, 5) is 12.4. The largest absolute Gasteiger partial charge is 0.290 e. The van der Waals surface area contributed by atoms with Crippen molar-refractivity contribution in [3.8, 4) is 0 Å². The molecule has 96 valence electrons. The first kappa shape index (κ1) is 14.4. The Morgan fingerprint density at radius 3 is 2.18 bits per heavy atom. The molecule has 0 aromatic carbocycles. The van der Waals surface area contributed by atoms with Gasteiger partial charge in [-0.3, -0.25) is 4.79 Å². The summed E-state index contributed by atoms with van der Waals surface area (Å²) < 4.78 is 0. The van der Waals surface area contributed by atoms with Crippen LogP contribution in [-0.4, -0.2) is 13.9 Å². The van der Waals surface area contributed by atoms with Crippen molar-refractivity contribution in [2.24, 2.45) is 0 Å². The number of Topliss-reactive ketones (excluding diaryl/α,β-unsaturated/α-hetero) is 1. The molecule has 0 bridgehead atoms. The molecule has 1 aliphatic carbocycles. The molecule has 0 aromatic heterocycles. The van der Waals surface area contributed by atoms with Crippen LogP contribution in [0.5, 0.6) is 0 Å². The number of hydrogen-bond acceptors (Lipinski definition) is 1. The third kappa shape index (κ3) is 3.41. The minimum Gasteiger partial charge on any atom is -0.290 e. The van der Waals surface area contributed by atoms with Gasteiger partial charge in [0.25, 0.3) is 0 Å². The van der Waals surface area contributed by atoms with Gasteiger partial charge in [-0.25, -0.2) is 0 Å². The molecule has 0 aliphatic heterocycles. The molecule has 0 atom stereocenters. The Morgan fingerprint density at radius 1 is 1.06 bits per heavy atom. The Balaban J connectivity index is 3.00. The molecule has 0 N–H and O–H groups in total. The lowest BCUT2D eigenvalue weighted by Crippen LogP contribution is -2.29. The number of ketones is 1. The van der Waals surface area contributed by atoms with Crippen molar-refractivity contribution in [1.29, 1.82) is 0 Å². The van der Waals surface area contributed by atoms with E-state index in [1.165, 1.54) is 23.6 Å². The molecule has 0 heterocycles. The second-order valence-electron chi connectivity index (χ2n) is 6.00. The van der Waals surface area contributed by atoms with Crippen LogP contribution in [0, 0.1) is 0 Å². The Labute approximate surface area is 107 Å². The highest BCUT2D eigenvalue weighted by molar-refractivity contribution is 6.88. The molecule has 0 aromatic rings. The SMILES string of the molecule is CCCCC1=C([Si](C)(C)C)C(=O)C(CCC)=C1. The molecule has 0 saturated carbocycles. The summed E-state index contributed by atoms with van der Waals surface area (Å²) in [7, 11) is -1.49. The molecule has 0 unspecified atom stereocenters. The summed E-state index contributed by atoms with van der Waals surface area (Å²) in [6.07, 6.45) is 7.71. The van der Waals surface area contributed by atoms with E-state index in [2.05, 4.69) is 39.6 Å².